The Balaban J connectivity index is 2.86. The van der Waals surface area contributed by atoms with Crippen molar-refractivity contribution in [2.45, 2.75) is 0 Å². The van der Waals surface area contributed by atoms with Crippen LogP contribution in [0, 0.1) is 13.7 Å². The summed E-state index contributed by atoms with van der Waals surface area (Å²) in [4.78, 5) is 14.3. The largest absolute Gasteiger partial charge is 0.296 e. The van der Waals surface area contributed by atoms with Crippen LogP contribution in [0.3, 0.4) is 0 Å². The highest BCUT2D eigenvalue weighted by molar-refractivity contribution is 14.1. The van der Waals surface area contributed by atoms with Crippen LogP contribution in [0.1, 0.15) is 0 Å². The van der Waals surface area contributed by atoms with Crippen LogP contribution in [0.15, 0.2) is 24.4 Å². The Morgan fingerprint density at radius 3 is 2.80 bits per heavy atom. The topological polar surface area (TPSA) is 56.0 Å². The van der Waals surface area contributed by atoms with Gasteiger partial charge in [0.25, 0.3) is 5.69 Å². The number of non-ortho nitro benzene ring substituents is 1. The summed E-state index contributed by atoms with van der Waals surface area (Å²) in [7, 11) is 0. The average Bonchev–Trinajstić information content (AvgIpc) is 2.15. The third-order valence-corrected chi connectivity index (χ3v) is 2.70. The molecule has 6 heteroatoms. The summed E-state index contributed by atoms with van der Waals surface area (Å²) < 4.78 is 0.914. The van der Waals surface area contributed by atoms with E-state index in [4.69, 9.17) is 11.6 Å². The molecule has 0 saturated heterocycles. The molecule has 0 amide bonds. The predicted octanol–water partition coefficient (Wildman–Crippen LogP) is 3.40. The van der Waals surface area contributed by atoms with E-state index in [-0.39, 0.29) is 5.69 Å². The minimum atomic E-state index is -0.478. The second kappa shape index (κ2) is 3.90. The molecule has 0 aliphatic carbocycles. The Hall–Kier alpha value is -0.950. The van der Waals surface area contributed by atoms with Gasteiger partial charge >= 0.3 is 0 Å². The second-order valence-electron chi connectivity index (χ2n) is 2.91. The normalized spacial score (nSPS) is 10.5. The molecule has 1 aromatic heterocycles. The summed E-state index contributed by atoms with van der Waals surface area (Å²) in [5.74, 6) is 0. The maximum Gasteiger partial charge on any atom is 0.296 e. The number of nitro groups is 1. The molecule has 2 aromatic rings. The van der Waals surface area contributed by atoms with Crippen LogP contribution < -0.4 is 0 Å². The number of fused-ring (bicyclic) bond motifs is 1. The van der Waals surface area contributed by atoms with Gasteiger partial charge in [0.1, 0.15) is 5.52 Å². The van der Waals surface area contributed by atoms with E-state index in [0.717, 1.165) is 3.57 Å². The lowest BCUT2D eigenvalue weighted by Crippen LogP contribution is -1.92. The minimum absolute atomic E-state index is 0.0612. The Kier molecular flexibility index (Phi) is 2.74. The molecule has 0 unspecified atom stereocenters. The molecule has 0 saturated carbocycles. The molecular weight excluding hydrogens is 330 g/mol. The summed E-state index contributed by atoms with van der Waals surface area (Å²) in [6.07, 6.45) is 1.59. The third kappa shape index (κ3) is 2.03. The van der Waals surface area contributed by atoms with Crippen molar-refractivity contribution in [1.82, 2.24) is 4.98 Å². The van der Waals surface area contributed by atoms with Gasteiger partial charge in [-0.3, -0.25) is 10.1 Å². The van der Waals surface area contributed by atoms with Gasteiger partial charge in [-0.15, -0.1) is 0 Å². The molecule has 15 heavy (non-hydrogen) atoms. The summed E-state index contributed by atoms with van der Waals surface area (Å²) in [6.45, 7) is 0. The first kappa shape index (κ1) is 10.6. The minimum Gasteiger partial charge on any atom is -0.258 e. The van der Waals surface area contributed by atoms with Crippen molar-refractivity contribution in [3.05, 3.63) is 43.1 Å². The van der Waals surface area contributed by atoms with Crippen LogP contribution in [-0.4, -0.2) is 9.91 Å². The highest BCUT2D eigenvalue weighted by atomic mass is 127. The Morgan fingerprint density at radius 2 is 2.13 bits per heavy atom. The fraction of sp³-hybridized carbons (Fsp3) is 0. The van der Waals surface area contributed by atoms with E-state index in [0.29, 0.717) is 15.9 Å². The molecule has 0 radical (unpaired) electrons. The SMILES string of the molecule is O=[N+]([O-])c1cc(Cl)cc2cc(I)cnc12. The van der Waals surface area contributed by atoms with Gasteiger partial charge < -0.3 is 0 Å². The van der Waals surface area contributed by atoms with Crippen LogP contribution in [0.5, 0.6) is 0 Å². The van der Waals surface area contributed by atoms with Gasteiger partial charge in [-0.1, -0.05) is 11.6 Å². The smallest absolute Gasteiger partial charge is 0.258 e. The van der Waals surface area contributed by atoms with E-state index in [1.807, 2.05) is 6.07 Å². The van der Waals surface area contributed by atoms with Gasteiger partial charge in [0.2, 0.25) is 0 Å². The van der Waals surface area contributed by atoms with E-state index in [2.05, 4.69) is 27.6 Å². The first-order valence-electron chi connectivity index (χ1n) is 3.97. The highest BCUT2D eigenvalue weighted by Gasteiger charge is 2.14. The maximum atomic E-state index is 10.8. The molecule has 4 nitrogen and oxygen atoms in total. The number of rotatable bonds is 1. The van der Waals surface area contributed by atoms with E-state index >= 15 is 0 Å². The number of aromatic nitrogens is 1. The van der Waals surface area contributed by atoms with Gasteiger partial charge in [-0.05, 0) is 34.7 Å². The van der Waals surface area contributed by atoms with Crippen molar-refractivity contribution in [1.29, 1.82) is 0 Å². The lowest BCUT2D eigenvalue weighted by molar-refractivity contribution is -0.383. The molecule has 2 rings (SSSR count). The van der Waals surface area contributed by atoms with Crippen molar-refractivity contribution < 1.29 is 4.92 Å². The molecule has 0 aliphatic heterocycles. The first-order chi connectivity index (χ1) is 7.08. The molecule has 0 fully saturated rings. The number of hydrogen-bond donors (Lipinski definition) is 0. The zero-order valence-electron chi connectivity index (χ0n) is 7.28. The Bertz CT molecular complexity index is 554. The molecule has 76 valence electrons. The van der Waals surface area contributed by atoms with E-state index in [1.165, 1.54) is 6.07 Å². The standard InChI is InChI=1S/C9H4ClIN2O2/c10-6-1-5-2-7(11)4-12-9(5)8(3-6)13(14)15/h1-4H. The molecule has 0 bridgehead atoms. The van der Waals surface area contributed by atoms with E-state index in [1.54, 1.807) is 12.3 Å². The van der Waals surface area contributed by atoms with E-state index in [9.17, 15) is 10.1 Å². The van der Waals surface area contributed by atoms with Gasteiger partial charge in [0, 0.05) is 26.2 Å². The first-order valence-corrected chi connectivity index (χ1v) is 5.43. The van der Waals surface area contributed by atoms with Crippen molar-refractivity contribution >= 4 is 50.8 Å². The number of pyridine rings is 1. The molecule has 0 aliphatic rings. The van der Waals surface area contributed by atoms with Gasteiger partial charge in [-0.25, -0.2) is 4.98 Å². The van der Waals surface area contributed by atoms with Gasteiger partial charge in [0.15, 0.2) is 0 Å². The average molecular weight is 334 g/mol. The molecule has 1 heterocycles. The van der Waals surface area contributed by atoms with Crippen LogP contribution in [0.4, 0.5) is 5.69 Å². The van der Waals surface area contributed by atoms with Crippen LogP contribution in [0.2, 0.25) is 5.02 Å². The van der Waals surface area contributed by atoms with Crippen LogP contribution in [0.25, 0.3) is 10.9 Å². The fourth-order valence-electron chi connectivity index (χ4n) is 1.31. The Labute approximate surface area is 104 Å². The Morgan fingerprint density at radius 1 is 1.40 bits per heavy atom. The van der Waals surface area contributed by atoms with Crippen molar-refractivity contribution in [3.63, 3.8) is 0 Å². The van der Waals surface area contributed by atoms with Crippen molar-refractivity contribution in [2.24, 2.45) is 0 Å². The van der Waals surface area contributed by atoms with Crippen LogP contribution in [-0.2, 0) is 0 Å². The predicted molar refractivity (Wildman–Crippen MR) is 66.1 cm³/mol. The second-order valence-corrected chi connectivity index (χ2v) is 4.59. The lowest BCUT2D eigenvalue weighted by Gasteiger charge is -2.00. The summed E-state index contributed by atoms with van der Waals surface area (Å²) in [6, 6.07) is 4.78. The zero-order chi connectivity index (χ0) is 11.0. The van der Waals surface area contributed by atoms with E-state index < -0.39 is 4.92 Å². The maximum absolute atomic E-state index is 10.8. The third-order valence-electron chi connectivity index (χ3n) is 1.89. The molecule has 0 atom stereocenters. The monoisotopic (exact) mass is 334 g/mol. The zero-order valence-corrected chi connectivity index (χ0v) is 10.2. The molecule has 0 N–H and O–H groups in total. The van der Waals surface area contributed by atoms with Gasteiger partial charge in [-0.2, -0.15) is 0 Å². The fourth-order valence-corrected chi connectivity index (χ4v) is 2.00. The highest BCUT2D eigenvalue weighted by Crippen LogP contribution is 2.28. The van der Waals surface area contributed by atoms with Crippen molar-refractivity contribution in [2.75, 3.05) is 0 Å². The number of halogens is 2. The lowest BCUT2D eigenvalue weighted by atomic mass is 10.2. The molecular formula is C9H4ClIN2O2. The number of nitro benzene ring substituents is 1. The quantitative estimate of drug-likeness (QED) is 0.456. The number of benzene rings is 1. The summed E-state index contributed by atoms with van der Waals surface area (Å²) in [5, 5.41) is 11.8. The number of hydrogen-bond acceptors (Lipinski definition) is 3. The van der Waals surface area contributed by atoms with Crippen molar-refractivity contribution in [3.8, 4) is 0 Å². The summed E-state index contributed by atoms with van der Waals surface area (Å²) in [5.41, 5.74) is 0.304. The molecule has 1 aromatic carbocycles. The summed E-state index contributed by atoms with van der Waals surface area (Å²) >= 11 is 7.88. The number of nitrogens with zero attached hydrogens (tertiary/aromatic N) is 2. The van der Waals surface area contributed by atoms with Crippen LogP contribution >= 0.6 is 34.2 Å². The molecule has 0 spiro atoms. The van der Waals surface area contributed by atoms with Gasteiger partial charge in [0.05, 0.1) is 4.92 Å².